The molecule has 14 heteroatoms. The molecule has 3 heterocycles. The van der Waals surface area contributed by atoms with Crippen molar-refractivity contribution in [1.82, 2.24) is 15.0 Å². The minimum atomic E-state index is -3.53. The first-order valence-corrected chi connectivity index (χ1v) is 15.7. The number of H-pyrrole nitrogens is 1. The van der Waals surface area contributed by atoms with Crippen LogP contribution in [0.3, 0.4) is 0 Å². The predicted octanol–water partition coefficient (Wildman–Crippen LogP) is 3.90. The summed E-state index contributed by atoms with van der Waals surface area (Å²) in [6, 6.07) is 17.9. The molecule has 3 atom stereocenters. The summed E-state index contributed by atoms with van der Waals surface area (Å²) >= 11 is 0. The Morgan fingerprint density at radius 3 is 2.42 bits per heavy atom. The number of aromatic amines is 1. The van der Waals surface area contributed by atoms with Crippen LogP contribution >= 0.6 is 0 Å². The maximum absolute atomic E-state index is 12.5. The minimum absolute atomic E-state index is 0.0592. The zero-order chi connectivity index (χ0) is 32.2. The standard InChI is InChI=1S/C31H32N4O9S/c1-19-31(30(36)37,15-20-8-6-5-7-9-20)35-29(42-19)25-11-10-24(34-25)21-12-22(14-23(13-21)44-28(41-3)18-40-2)43-26-16-33-27(17-32-26)45(4,38)39/h5-14,16-17,19,28,34H,15,18H2,1-4H3,(H,36,37)/t19-,28-,31-/m0/s1. The van der Waals surface area contributed by atoms with Crippen LogP contribution in [0, 0.1) is 0 Å². The Balaban J connectivity index is 1.47. The van der Waals surface area contributed by atoms with Gasteiger partial charge in [0.1, 0.15) is 29.9 Å². The van der Waals surface area contributed by atoms with E-state index in [0.717, 1.165) is 18.0 Å². The highest BCUT2D eigenvalue weighted by Crippen LogP contribution is 2.35. The molecule has 4 aromatic rings. The summed E-state index contributed by atoms with van der Waals surface area (Å²) in [5.74, 6) is -0.160. The molecule has 1 aliphatic heterocycles. The van der Waals surface area contributed by atoms with Gasteiger partial charge < -0.3 is 33.8 Å². The van der Waals surface area contributed by atoms with E-state index in [4.69, 9.17) is 23.7 Å². The molecule has 0 saturated heterocycles. The molecule has 0 spiro atoms. The van der Waals surface area contributed by atoms with Crippen LogP contribution in [-0.4, -0.2) is 85.4 Å². The molecule has 236 valence electrons. The van der Waals surface area contributed by atoms with Crippen LogP contribution in [0.5, 0.6) is 17.4 Å². The number of nitrogens with zero attached hydrogens (tertiary/aromatic N) is 3. The number of hydrogen-bond donors (Lipinski definition) is 2. The molecule has 0 bridgehead atoms. The van der Waals surface area contributed by atoms with Crippen molar-refractivity contribution in [2.75, 3.05) is 27.1 Å². The fraction of sp³-hybridized carbons (Fsp3) is 0.290. The SMILES string of the molecule is COC[C@@H](OC)Oc1cc(Oc2cnc(S(C)(=O)=O)cn2)cc(-c2ccc(C3=N[C@](Cc4ccccc4)(C(=O)O)[C@H](C)O3)[nH]2)c1. The quantitative estimate of drug-likeness (QED) is 0.204. The first kappa shape index (κ1) is 31.6. The molecule has 0 unspecified atom stereocenters. The highest BCUT2D eigenvalue weighted by atomic mass is 32.2. The number of ether oxygens (including phenoxy) is 5. The second-order valence-electron chi connectivity index (χ2n) is 10.4. The van der Waals surface area contributed by atoms with E-state index >= 15 is 0 Å². The third-order valence-electron chi connectivity index (χ3n) is 7.10. The van der Waals surface area contributed by atoms with Crippen molar-refractivity contribution in [2.45, 2.75) is 36.3 Å². The van der Waals surface area contributed by atoms with Crippen molar-refractivity contribution in [3.05, 3.63) is 84.3 Å². The zero-order valence-electron chi connectivity index (χ0n) is 25.0. The molecule has 1 aliphatic rings. The monoisotopic (exact) mass is 636 g/mol. The Kier molecular flexibility index (Phi) is 9.18. The molecule has 2 aromatic carbocycles. The Morgan fingerprint density at radius 2 is 1.78 bits per heavy atom. The Morgan fingerprint density at radius 1 is 1.04 bits per heavy atom. The zero-order valence-corrected chi connectivity index (χ0v) is 25.8. The molecule has 0 amide bonds. The van der Waals surface area contributed by atoms with E-state index < -0.39 is 33.7 Å². The van der Waals surface area contributed by atoms with E-state index in [1.807, 2.05) is 30.3 Å². The number of hydrogen-bond acceptors (Lipinski definition) is 11. The Hall–Kier alpha value is -4.79. The second-order valence-corrected chi connectivity index (χ2v) is 12.3. The number of rotatable bonds is 13. The lowest BCUT2D eigenvalue weighted by molar-refractivity contribution is -0.145. The lowest BCUT2D eigenvalue weighted by atomic mass is 9.87. The van der Waals surface area contributed by atoms with Gasteiger partial charge in [-0.1, -0.05) is 30.3 Å². The van der Waals surface area contributed by atoms with Crippen molar-refractivity contribution in [1.29, 1.82) is 0 Å². The van der Waals surface area contributed by atoms with Gasteiger partial charge in [0.05, 0.1) is 12.4 Å². The van der Waals surface area contributed by atoms with Crippen LogP contribution in [0.25, 0.3) is 11.3 Å². The largest absolute Gasteiger partial charge is 0.479 e. The van der Waals surface area contributed by atoms with Gasteiger partial charge in [0.25, 0.3) is 0 Å². The first-order valence-electron chi connectivity index (χ1n) is 13.8. The average molecular weight is 637 g/mol. The normalized spacial score (nSPS) is 18.6. The van der Waals surface area contributed by atoms with Gasteiger partial charge in [0, 0.05) is 44.2 Å². The topological polar surface area (TPSA) is 172 Å². The van der Waals surface area contributed by atoms with E-state index in [0.29, 0.717) is 28.5 Å². The van der Waals surface area contributed by atoms with Crippen LogP contribution in [0.1, 0.15) is 18.2 Å². The predicted molar refractivity (Wildman–Crippen MR) is 162 cm³/mol. The molecule has 0 aliphatic carbocycles. The number of aliphatic imine (C=N–C) groups is 1. The van der Waals surface area contributed by atoms with E-state index in [2.05, 4.69) is 19.9 Å². The number of carboxylic acid groups (broad SMARTS) is 1. The van der Waals surface area contributed by atoms with Crippen LogP contribution in [0.4, 0.5) is 0 Å². The van der Waals surface area contributed by atoms with Crippen molar-refractivity contribution in [3.63, 3.8) is 0 Å². The highest BCUT2D eigenvalue weighted by molar-refractivity contribution is 7.90. The molecule has 0 radical (unpaired) electrons. The summed E-state index contributed by atoms with van der Waals surface area (Å²) in [4.78, 5) is 28.3. The molecular weight excluding hydrogens is 604 g/mol. The summed E-state index contributed by atoms with van der Waals surface area (Å²) in [7, 11) is -0.525. The smallest absolute Gasteiger partial charge is 0.335 e. The number of benzene rings is 2. The van der Waals surface area contributed by atoms with Crippen LogP contribution < -0.4 is 9.47 Å². The fourth-order valence-corrected chi connectivity index (χ4v) is 5.21. The maximum atomic E-state index is 12.5. The number of carboxylic acids is 1. The third-order valence-corrected chi connectivity index (χ3v) is 8.07. The number of nitrogens with one attached hydrogen (secondary N) is 1. The number of aromatic nitrogens is 3. The third kappa shape index (κ3) is 7.14. The van der Waals surface area contributed by atoms with Crippen LogP contribution in [-0.2, 0) is 35.3 Å². The Labute approximate surface area is 259 Å². The van der Waals surface area contributed by atoms with Crippen LogP contribution in [0.15, 0.2) is 83.1 Å². The lowest BCUT2D eigenvalue weighted by Crippen LogP contribution is -2.46. The summed E-state index contributed by atoms with van der Waals surface area (Å²) in [6.45, 7) is 1.85. The van der Waals surface area contributed by atoms with E-state index in [1.165, 1.54) is 20.4 Å². The lowest BCUT2D eigenvalue weighted by Gasteiger charge is -2.24. The molecule has 0 fully saturated rings. The summed E-state index contributed by atoms with van der Waals surface area (Å²) in [5, 5.41) is 10.0. The van der Waals surface area contributed by atoms with Crippen LogP contribution in [0.2, 0.25) is 0 Å². The Bertz CT molecular complexity index is 1790. The van der Waals surface area contributed by atoms with E-state index in [1.54, 1.807) is 37.3 Å². The first-order chi connectivity index (χ1) is 21.5. The van der Waals surface area contributed by atoms with Gasteiger partial charge >= 0.3 is 5.97 Å². The molecule has 5 rings (SSSR count). The second kappa shape index (κ2) is 13.1. The maximum Gasteiger partial charge on any atom is 0.335 e. The van der Waals surface area contributed by atoms with E-state index in [-0.39, 0.29) is 29.8 Å². The van der Waals surface area contributed by atoms with Crippen molar-refractivity contribution in [3.8, 4) is 28.6 Å². The molecule has 0 saturated carbocycles. The molecule has 45 heavy (non-hydrogen) atoms. The summed E-state index contributed by atoms with van der Waals surface area (Å²) in [6.07, 6.45) is 2.08. The van der Waals surface area contributed by atoms with E-state index in [9.17, 15) is 18.3 Å². The summed E-state index contributed by atoms with van der Waals surface area (Å²) in [5.41, 5.74) is 1.06. The minimum Gasteiger partial charge on any atom is -0.479 e. The van der Waals surface area contributed by atoms with Gasteiger partial charge in [-0.15, -0.1) is 0 Å². The molecule has 13 nitrogen and oxygen atoms in total. The average Bonchev–Trinajstić information content (AvgIpc) is 3.63. The van der Waals surface area contributed by atoms with Crippen molar-refractivity contribution in [2.24, 2.45) is 4.99 Å². The van der Waals surface area contributed by atoms with Gasteiger partial charge in [-0.25, -0.2) is 28.2 Å². The number of aliphatic carboxylic acids is 1. The molecule has 2 aromatic heterocycles. The molecular formula is C31H32N4O9S. The van der Waals surface area contributed by atoms with Gasteiger partial charge in [0.2, 0.25) is 23.6 Å². The van der Waals surface area contributed by atoms with Crippen molar-refractivity contribution >= 4 is 21.7 Å². The number of sulfone groups is 1. The summed E-state index contributed by atoms with van der Waals surface area (Å²) < 4.78 is 51.9. The fourth-order valence-electron chi connectivity index (χ4n) is 4.72. The number of methoxy groups -OCH3 is 2. The van der Waals surface area contributed by atoms with Gasteiger partial charge in [-0.05, 0) is 36.8 Å². The van der Waals surface area contributed by atoms with Gasteiger partial charge in [-0.3, -0.25) is 0 Å². The van der Waals surface area contributed by atoms with Gasteiger partial charge in [0.15, 0.2) is 14.9 Å². The van der Waals surface area contributed by atoms with Gasteiger partial charge in [-0.2, -0.15) is 0 Å². The van der Waals surface area contributed by atoms with Crippen molar-refractivity contribution < 1.29 is 42.0 Å². The highest BCUT2D eigenvalue weighted by Gasteiger charge is 2.50. The number of carbonyl (C=O) groups is 1. The molecule has 2 N–H and O–H groups in total.